The molecule has 0 aliphatic rings. The number of aromatic nitrogens is 2. The number of benzene rings is 1. The van der Waals surface area contributed by atoms with Crippen LogP contribution in [-0.4, -0.2) is 16.1 Å². The second kappa shape index (κ2) is 7.75. The van der Waals surface area contributed by atoms with E-state index in [0.29, 0.717) is 10.9 Å². The minimum Gasteiger partial charge on any atom is -0.465 e. The smallest absolute Gasteiger partial charge is 0.250 e. The summed E-state index contributed by atoms with van der Waals surface area (Å²) in [6.45, 7) is 0. The standard InChI is InChI=1S/C16H13N3O2S2/c20-14(9-8-13-7-4-10-21-13)17-15-18-19-16(23-15)22-11-12-5-2-1-3-6-12/h1-10H,11H2,(H,17,18,20). The van der Waals surface area contributed by atoms with E-state index in [4.69, 9.17) is 4.42 Å². The maximum Gasteiger partial charge on any atom is 0.250 e. The number of carbonyl (C=O) groups excluding carboxylic acids is 1. The summed E-state index contributed by atoms with van der Waals surface area (Å²) in [5, 5.41) is 11.2. The van der Waals surface area contributed by atoms with Gasteiger partial charge in [-0.3, -0.25) is 10.1 Å². The van der Waals surface area contributed by atoms with E-state index >= 15 is 0 Å². The van der Waals surface area contributed by atoms with Gasteiger partial charge in [0.05, 0.1) is 6.26 Å². The molecule has 3 rings (SSSR count). The number of nitrogens with one attached hydrogen (secondary N) is 1. The van der Waals surface area contributed by atoms with Crippen molar-refractivity contribution in [1.82, 2.24) is 10.2 Å². The molecule has 0 saturated carbocycles. The Labute approximate surface area is 141 Å². The first-order valence-corrected chi connectivity index (χ1v) is 8.62. The van der Waals surface area contributed by atoms with Crippen molar-refractivity contribution in [2.45, 2.75) is 10.1 Å². The van der Waals surface area contributed by atoms with E-state index in [-0.39, 0.29) is 5.91 Å². The third-order valence-electron chi connectivity index (χ3n) is 2.78. The molecule has 0 spiro atoms. The van der Waals surface area contributed by atoms with Gasteiger partial charge in [-0.1, -0.05) is 53.4 Å². The Balaban J connectivity index is 1.51. The predicted octanol–water partition coefficient (Wildman–Crippen LogP) is 4.08. The monoisotopic (exact) mass is 343 g/mol. The van der Waals surface area contributed by atoms with Crippen LogP contribution in [0.2, 0.25) is 0 Å². The number of hydrogen-bond acceptors (Lipinski definition) is 6. The lowest BCUT2D eigenvalue weighted by atomic mass is 10.2. The Morgan fingerprint density at radius 1 is 1.22 bits per heavy atom. The number of anilines is 1. The van der Waals surface area contributed by atoms with E-state index in [9.17, 15) is 4.79 Å². The van der Waals surface area contributed by atoms with E-state index in [2.05, 4.69) is 27.6 Å². The van der Waals surface area contributed by atoms with Crippen LogP contribution in [0.3, 0.4) is 0 Å². The summed E-state index contributed by atoms with van der Waals surface area (Å²) in [4.78, 5) is 11.8. The first kappa shape index (κ1) is 15.5. The van der Waals surface area contributed by atoms with Crippen LogP contribution in [0.15, 0.2) is 63.6 Å². The van der Waals surface area contributed by atoms with Crippen molar-refractivity contribution < 1.29 is 9.21 Å². The van der Waals surface area contributed by atoms with Gasteiger partial charge in [0.15, 0.2) is 4.34 Å². The number of rotatable bonds is 6. The molecule has 0 bridgehead atoms. The van der Waals surface area contributed by atoms with E-state index < -0.39 is 0 Å². The van der Waals surface area contributed by atoms with Crippen LogP contribution in [-0.2, 0) is 10.5 Å². The van der Waals surface area contributed by atoms with Crippen molar-refractivity contribution in [1.29, 1.82) is 0 Å². The lowest BCUT2D eigenvalue weighted by molar-refractivity contribution is -0.111. The largest absolute Gasteiger partial charge is 0.465 e. The van der Waals surface area contributed by atoms with Crippen LogP contribution in [0.5, 0.6) is 0 Å². The van der Waals surface area contributed by atoms with Gasteiger partial charge in [0.1, 0.15) is 5.76 Å². The van der Waals surface area contributed by atoms with Crippen molar-refractivity contribution in [2.75, 3.05) is 5.32 Å². The summed E-state index contributed by atoms with van der Waals surface area (Å²) in [6, 6.07) is 13.7. The number of carbonyl (C=O) groups is 1. The van der Waals surface area contributed by atoms with Gasteiger partial charge in [-0.15, -0.1) is 10.2 Å². The Hall–Kier alpha value is -2.38. The van der Waals surface area contributed by atoms with Gasteiger partial charge in [0, 0.05) is 11.8 Å². The van der Waals surface area contributed by atoms with E-state index in [0.717, 1.165) is 10.1 Å². The van der Waals surface area contributed by atoms with Crippen LogP contribution in [0.4, 0.5) is 5.13 Å². The number of furan rings is 1. The highest BCUT2D eigenvalue weighted by molar-refractivity contribution is 8.00. The summed E-state index contributed by atoms with van der Waals surface area (Å²) in [6.07, 6.45) is 4.55. The van der Waals surface area contributed by atoms with Crippen LogP contribution >= 0.6 is 23.1 Å². The van der Waals surface area contributed by atoms with E-state index in [1.54, 1.807) is 36.2 Å². The second-order valence-electron chi connectivity index (χ2n) is 4.49. The summed E-state index contributed by atoms with van der Waals surface area (Å²) in [5.74, 6) is 1.18. The quantitative estimate of drug-likeness (QED) is 0.415. The third-order valence-corrected chi connectivity index (χ3v) is 4.83. The molecule has 3 aromatic rings. The minimum absolute atomic E-state index is 0.267. The molecule has 0 aliphatic heterocycles. The van der Waals surface area contributed by atoms with Crippen molar-refractivity contribution in [2.24, 2.45) is 0 Å². The van der Waals surface area contributed by atoms with Gasteiger partial charge >= 0.3 is 0 Å². The number of nitrogens with zero attached hydrogens (tertiary/aromatic N) is 2. The zero-order valence-electron chi connectivity index (χ0n) is 12.0. The van der Waals surface area contributed by atoms with Gasteiger partial charge < -0.3 is 4.42 Å². The average Bonchev–Trinajstić information content (AvgIpc) is 3.24. The van der Waals surface area contributed by atoms with Crippen LogP contribution in [0.25, 0.3) is 6.08 Å². The minimum atomic E-state index is -0.267. The molecule has 0 unspecified atom stereocenters. The van der Waals surface area contributed by atoms with Crippen LogP contribution < -0.4 is 5.32 Å². The molecule has 0 saturated heterocycles. The lowest BCUT2D eigenvalue weighted by Gasteiger charge is -1.96. The van der Waals surface area contributed by atoms with Crippen LogP contribution in [0.1, 0.15) is 11.3 Å². The summed E-state index contributed by atoms with van der Waals surface area (Å²) in [7, 11) is 0. The molecule has 0 radical (unpaired) electrons. The normalized spacial score (nSPS) is 11.0. The molecule has 0 aliphatic carbocycles. The predicted molar refractivity (Wildman–Crippen MR) is 92.3 cm³/mol. The highest BCUT2D eigenvalue weighted by Gasteiger charge is 2.07. The van der Waals surface area contributed by atoms with Crippen molar-refractivity contribution in [3.8, 4) is 0 Å². The summed E-state index contributed by atoms with van der Waals surface area (Å²) >= 11 is 2.95. The second-order valence-corrected chi connectivity index (χ2v) is 6.69. The topological polar surface area (TPSA) is 68.0 Å². The van der Waals surface area contributed by atoms with E-state index in [1.165, 1.54) is 23.0 Å². The Kier molecular flexibility index (Phi) is 5.23. The molecule has 5 nitrogen and oxygen atoms in total. The molecule has 1 aromatic carbocycles. The SMILES string of the molecule is O=C(C=Cc1ccco1)Nc1nnc(SCc2ccccc2)s1. The zero-order valence-corrected chi connectivity index (χ0v) is 13.6. The zero-order chi connectivity index (χ0) is 15.9. The Morgan fingerprint density at radius 3 is 2.87 bits per heavy atom. The Morgan fingerprint density at radius 2 is 2.09 bits per heavy atom. The first-order chi connectivity index (χ1) is 11.3. The van der Waals surface area contributed by atoms with E-state index in [1.807, 2.05) is 18.2 Å². The highest BCUT2D eigenvalue weighted by atomic mass is 32.2. The molecule has 0 atom stereocenters. The maximum absolute atomic E-state index is 11.8. The van der Waals surface area contributed by atoms with Crippen LogP contribution in [0, 0.1) is 0 Å². The van der Waals surface area contributed by atoms with Crippen molar-refractivity contribution in [3.63, 3.8) is 0 Å². The summed E-state index contributed by atoms with van der Waals surface area (Å²) in [5.41, 5.74) is 1.22. The molecule has 2 heterocycles. The molecule has 1 N–H and O–H groups in total. The molecular formula is C16H13N3O2S2. The molecule has 23 heavy (non-hydrogen) atoms. The van der Waals surface area contributed by atoms with Gasteiger partial charge in [-0.05, 0) is 23.8 Å². The van der Waals surface area contributed by atoms with Gasteiger partial charge in [-0.2, -0.15) is 0 Å². The fraction of sp³-hybridized carbons (Fsp3) is 0.0625. The molecule has 0 fully saturated rings. The number of hydrogen-bond donors (Lipinski definition) is 1. The molecule has 1 amide bonds. The maximum atomic E-state index is 11.8. The fourth-order valence-corrected chi connectivity index (χ4v) is 3.44. The average molecular weight is 343 g/mol. The van der Waals surface area contributed by atoms with Gasteiger partial charge in [0.2, 0.25) is 11.0 Å². The van der Waals surface area contributed by atoms with Crippen molar-refractivity contribution >= 4 is 40.2 Å². The first-order valence-electron chi connectivity index (χ1n) is 6.82. The number of thioether (sulfide) groups is 1. The van der Waals surface area contributed by atoms with Crippen molar-refractivity contribution in [3.05, 3.63) is 66.1 Å². The molecule has 116 valence electrons. The van der Waals surface area contributed by atoms with Gasteiger partial charge in [0.25, 0.3) is 0 Å². The number of amides is 1. The van der Waals surface area contributed by atoms with Gasteiger partial charge in [-0.25, -0.2) is 0 Å². The molecule has 7 heteroatoms. The summed E-state index contributed by atoms with van der Waals surface area (Å²) < 4.78 is 5.94. The fourth-order valence-electron chi connectivity index (χ4n) is 1.73. The molecule has 2 aromatic heterocycles. The lowest BCUT2D eigenvalue weighted by Crippen LogP contribution is -2.07. The Bertz CT molecular complexity index is 783. The third kappa shape index (κ3) is 4.80. The molecular weight excluding hydrogens is 330 g/mol. The highest BCUT2D eigenvalue weighted by Crippen LogP contribution is 2.28.